The van der Waals surface area contributed by atoms with Gasteiger partial charge in [-0.15, -0.1) is 0 Å². The standard InChI is InChI=1S/C23H26ClF3N2O/c1-14-5-6-16-13-29(8-7-15(16)9-14)17-10-18(23(25,26)27)21(19(24)11-17)28-20(30)12-22(2,3)4/h5-6,9-11H,7-8,12-13H2,1-4H3,(H,28,30). The van der Waals surface area contributed by atoms with Crippen molar-refractivity contribution in [2.75, 3.05) is 16.8 Å². The summed E-state index contributed by atoms with van der Waals surface area (Å²) in [5.74, 6) is -0.495. The first-order chi connectivity index (χ1) is 13.8. The molecule has 30 heavy (non-hydrogen) atoms. The molecule has 7 heteroatoms. The normalized spacial score (nSPS) is 14.5. The Morgan fingerprint density at radius 2 is 1.83 bits per heavy atom. The lowest BCUT2D eigenvalue weighted by Gasteiger charge is -2.32. The number of amides is 1. The molecule has 0 aliphatic carbocycles. The molecule has 1 N–H and O–H groups in total. The third-order valence-electron chi connectivity index (χ3n) is 5.07. The predicted octanol–water partition coefficient (Wildman–Crippen LogP) is 6.60. The molecule has 0 saturated heterocycles. The number of fused-ring (bicyclic) bond motifs is 1. The lowest BCUT2D eigenvalue weighted by atomic mass is 9.92. The number of hydrogen-bond acceptors (Lipinski definition) is 2. The maximum Gasteiger partial charge on any atom is 0.418 e. The fourth-order valence-corrected chi connectivity index (χ4v) is 3.95. The molecule has 1 aliphatic rings. The van der Waals surface area contributed by atoms with Crippen molar-refractivity contribution < 1.29 is 18.0 Å². The van der Waals surface area contributed by atoms with E-state index in [4.69, 9.17) is 11.6 Å². The van der Waals surface area contributed by atoms with Crippen LogP contribution in [0.3, 0.4) is 0 Å². The molecule has 1 amide bonds. The molecule has 0 fully saturated rings. The summed E-state index contributed by atoms with van der Waals surface area (Å²) in [7, 11) is 0. The number of carbonyl (C=O) groups is 1. The Kier molecular flexibility index (Phi) is 6.10. The molecule has 162 valence electrons. The number of alkyl halides is 3. The second-order valence-corrected chi connectivity index (χ2v) is 9.48. The number of aryl methyl sites for hydroxylation is 1. The summed E-state index contributed by atoms with van der Waals surface area (Å²) >= 11 is 6.25. The first-order valence-electron chi connectivity index (χ1n) is 9.87. The quantitative estimate of drug-likeness (QED) is 0.585. The number of carbonyl (C=O) groups excluding carboxylic acids is 1. The van der Waals surface area contributed by atoms with Gasteiger partial charge in [-0.1, -0.05) is 56.1 Å². The Hall–Kier alpha value is -2.21. The van der Waals surface area contributed by atoms with Crippen LogP contribution >= 0.6 is 11.6 Å². The van der Waals surface area contributed by atoms with Gasteiger partial charge in [0.15, 0.2) is 0 Å². The molecule has 1 aliphatic heterocycles. The summed E-state index contributed by atoms with van der Waals surface area (Å²) in [4.78, 5) is 14.2. The minimum Gasteiger partial charge on any atom is -0.367 e. The number of anilines is 2. The van der Waals surface area contributed by atoms with Crippen LogP contribution in [0.15, 0.2) is 30.3 Å². The second kappa shape index (κ2) is 8.14. The summed E-state index contributed by atoms with van der Waals surface area (Å²) in [6.45, 7) is 8.67. The van der Waals surface area contributed by atoms with Gasteiger partial charge in [0, 0.05) is 25.2 Å². The number of nitrogens with zero attached hydrogens (tertiary/aromatic N) is 1. The van der Waals surface area contributed by atoms with E-state index in [9.17, 15) is 18.0 Å². The molecule has 0 aromatic heterocycles. The number of hydrogen-bond donors (Lipinski definition) is 1. The van der Waals surface area contributed by atoms with E-state index in [1.54, 1.807) is 0 Å². The Labute approximate surface area is 180 Å². The fourth-order valence-electron chi connectivity index (χ4n) is 3.69. The van der Waals surface area contributed by atoms with E-state index >= 15 is 0 Å². The SMILES string of the molecule is Cc1ccc2c(c1)CCN(c1cc(Cl)c(NC(=O)CC(C)(C)C)c(C(F)(F)F)c1)C2. The molecule has 0 atom stereocenters. The largest absolute Gasteiger partial charge is 0.418 e. The topological polar surface area (TPSA) is 32.3 Å². The Morgan fingerprint density at radius 1 is 1.13 bits per heavy atom. The van der Waals surface area contributed by atoms with Crippen molar-refractivity contribution in [3.8, 4) is 0 Å². The van der Waals surface area contributed by atoms with Crippen LogP contribution in [0.4, 0.5) is 24.5 Å². The molecular formula is C23H26ClF3N2O. The van der Waals surface area contributed by atoms with Gasteiger partial charge in [0.25, 0.3) is 0 Å². The number of rotatable bonds is 3. The van der Waals surface area contributed by atoms with Crippen LogP contribution in [-0.2, 0) is 23.9 Å². The van der Waals surface area contributed by atoms with Gasteiger partial charge in [0.2, 0.25) is 5.91 Å². The zero-order chi connectivity index (χ0) is 22.3. The zero-order valence-electron chi connectivity index (χ0n) is 17.6. The predicted molar refractivity (Wildman–Crippen MR) is 115 cm³/mol. The summed E-state index contributed by atoms with van der Waals surface area (Å²) < 4.78 is 41.5. The van der Waals surface area contributed by atoms with Crippen molar-refractivity contribution in [3.63, 3.8) is 0 Å². The van der Waals surface area contributed by atoms with Gasteiger partial charge in [-0.2, -0.15) is 13.2 Å². The maximum atomic E-state index is 13.8. The summed E-state index contributed by atoms with van der Waals surface area (Å²) in [6.07, 6.45) is -3.81. The average molecular weight is 439 g/mol. The van der Waals surface area contributed by atoms with Gasteiger partial charge < -0.3 is 10.2 Å². The lowest BCUT2D eigenvalue weighted by molar-refractivity contribution is -0.136. The molecule has 2 aromatic carbocycles. The van der Waals surface area contributed by atoms with E-state index in [1.807, 2.05) is 44.7 Å². The fraction of sp³-hybridized carbons (Fsp3) is 0.435. The molecule has 3 nitrogen and oxygen atoms in total. The van der Waals surface area contributed by atoms with Crippen LogP contribution < -0.4 is 10.2 Å². The summed E-state index contributed by atoms with van der Waals surface area (Å²) in [5, 5.41) is 2.27. The van der Waals surface area contributed by atoms with Crippen molar-refractivity contribution in [1.29, 1.82) is 0 Å². The molecule has 0 radical (unpaired) electrons. The van der Waals surface area contributed by atoms with Gasteiger partial charge in [-0.05, 0) is 42.0 Å². The molecule has 0 spiro atoms. The lowest BCUT2D eigenvalue weighted by Crippen LogP contribution is -2.31. The van der Waals surface area contributed by atoms with Crippen LogP contribution in [0.2, 0.25) is 5.02 Å². The van der Waals surface area contributed by atoms with E-state index in [0.717, 1.165) is 18.1 Å². The Bertz CT molecular complexity index is 964. The average Bonchev–Trinajstić information content (AvgIpc) is 2.60. The highest BCUT2D eigenvalue weighted by Gasteiger charge is 2.36. The highest BCUT2D eigenvalue weighted by atomic mass is 35.5. The minimum atomic E-state index is -4.64. The van der Waals surface area contributed by atoms with E-state index in [-0.39, 0.29) is 22.5 Å². The van der Waals surface area contributed by atoms with Crippen LogP contribution in [0.5, 0.6) is 0 Å². The molecule has 3 rings (SSSR count). The van der Waals surface area contributed by atoms with Crippen LogP contribution in [0.25, 0.3) is 0 Å². The van der Waals surface area contributed by atoms with E-state index in [2.05, 4.69) is 11.4 Å². The molecule has 1 heterocycles. The van der Waals surface area contributed by atoms with Gasteiger partial charge >= 0.3 is 6.18 Å². The molecular weight excluding hydrogens is 413 g/mol. The van der Waals surface area contributed by atoms with Crippen LogP contribution in [0, 0.1) is 12.3 Å². The van der Waals surface area contributed by atoms with E-state index in [0.29, 0.717) is 18.8 Å². The first kappa shape index (κ1) is 22.5. The Balaban J connectivity index is 1.93. The highest BCUT2D eigenvalue weighted by Crippen LogP contribution is 2.42. The third kappa shape index (κ3) is 5.28. The van der Waals surface area contributed by atoms with Crippen molar-refractivity contribution in [3.05, 3.63) is 57.6 Å². The monoisotopic (exact) mass is 438 g/mol. The van der Waals surface area contributed by atoms with E-state index < -0.39 is 17.6 Å². The second-order valence-electron chi connectivity index (χ2n) is 9.08. The van der Waals surface area contributed by atoms with E-state index in [1.165, 1.54) is 17.2 Å². The van der Waals surface area contributed by atoms with Gasteiger partial charge in [-0.25, -0.2) is 0 Å². The molecule has 0 saturated carbocycles. The van der Waals surface area contributed by atoms with Crippen molar-refractivity contribution >= 4 is 28.9 Å². The number of halogens is 4. The molecule has 0 unspecified atom stereocenters. The smallest absolute Gasteiger partial charge is 0.367 e. The number of nitrogens with one attached hydrogen (secondary N) is 1. The van der Waals surface area contributed by atoms with Crippen molar-refractivity contribution in [2.24, 2.45) is 5.41 Å². The molecule has 2 aromatic rings. The number of benzene rings is 2. The van der Waals surface area contributed by atoms with Crippen molar-refractivity contribution in [1.82, 2.24) is 0 Å². The Morgan fingerprint density at radius 3 is 2.47 bits per heavy atom. The highest BCUT2D eigenvalue weighted by molar-refractivity contribution is 6.34. The summed E-state index contributed by atoms with van der Waals surface area (Å²) in [5.41, 5.74) is 2.22. The summed E-state index contributed by atoms with van der Waals surface area (Å²) in [6, 6.07) is 8.73. The zero-order valence-corrected chi connectivity index (χ0v) is 18.3. The van der Waals surface area contributed by atoms with Crippen LogP contribution in [0.1, 0.15) is 49.4 Å². The first-order valence-corrected chi connectivity index (χ1v) is 10.3. The molecule has 0 bridgehead atoms. The van der Waals surface area contributed by atoms with Gasteiger partial charge in [0.05, 0.1) is 16.3 Å². The van der Waals surface area contributed by atoms with Gasteiger partial charge in [-0.3, -0.25) is 4.79 Å². The van der Waals surface area contributed by atoms with Crippen molar-refractivity contribution in [2.45, 2.75) is 53.3 Å². The minimum absolute atomic E-state index is 0.0880. The third-order valence-corrected chi connectivity index (χ3v) is 5.37. The van der Waals surface area contributed by atoms with Crippen LogP contribution in [-0.4, -0.2) is 12.5 Å². The maximum absolute atomic E-state index is 13.8. The van der Waals surface area contributed by atoms with Gasteiger partial charge in [0.1, 0.15) is 0 Å².